The number of anilines is 1. The number of nitrogens with zero attached hydrogens (tertiary/aromatic N) is 2. The third kappa shape index (κ3) is 6.51. The highest BCUT2D eigenvalue weighted by atomic mass is 32.2. The van der Waals surface area contributed by atoms with E-state index in [1.807, 2.05) is 55.4 Å². The van der Waals surface area contributed by atoms with Gasteiger partial charge in [0.1, 0.15) is 0 Å². The number of hydrogen-bond acceptors (Lipinski definition) is 6. The van der Waals surface area contributed by atoms with Crippen molar-refractivity contribution in [2.24, 2.45) is 0 Å². The molecule has 2 aromatic rings. The molecule has 0 radical (unpaired) electrons. The number of rotatable bonds is 8. The van der Waals surface area contributed by atoms with E-state index < -0.39 is 37.5 Å². The summed E-state index contributed by atoms with van der Waals surface area (Å²) in [4.78, 5) is 14.6. The summed E-state index contributed by atoms with van der Waals surface area (Å²) in [7, 11) is -3.61. The Bertz CT molecular complexity index is 1340. The average Bonchev–Trinajstić information content (AvgIpc) is 2.82. The smallest absolute Gasteiger partial charge is 0.258 e. The Labute approximate surface area is 212 Å². The van der Waals surface area contributed by atoms with E-state index in [0.29, 0.717) is 5.56 Å². The molecule has 1 aliphatic rings. The van der Waals surface area contributed by atoms with Gasteiger partial charge >= 0.3 is 0 Å². The lowest BCUT2D eigenvalue weighted by atomic mass is 9.93. The minimum atomic E-state index is -3.97. The molecule has 1 heterocycles. The molecular weight excluding hydrogens is 505 g/mol. The maximum Gasteiger partial charge on any atom is 0.258 e. The molecule has 1 saturated heterocycles. The maximum atomic E-state index is 15.5. The van der Waals surface area contributed by atoms with Crippen LogP contribution in [0.5, 0.6) is 0 Å². The molecule has 0 unspecified atom stereocenters. The summed E-state index contributed by atoms with van der Waals surface area (Å²) in [6, 6.07) is 13.6. The summed E-state index contributed by atoms with van der Waals surface area (Å²) in [6.07, 6.45) is 1.66. The van der Waals surface area contributed by atoms with Crippen LogP contribution >= 0.6 is 0 Å². The van der Waals surface area contributed by atoms with Crippen LogP contribution in [0.1, 0.15) is 19.8 Å². The number of piperidine rings is 1. The van der Waals surface area contributed by atoms with E-state index in [0.717, 1.165) is 22.9 Å². The first-order valence-electron chi connectivity index (χ1n) is 11.5. The van der Waals surface area contributed by atoms with Crippen molar-refractivity contribution in [2.75, 3.05) is 38.3 Å². The zero-order valence-corrected chi connectivity index (χ0v) is 22.4. The van der Waals surface area contributed by atoms with Gasteiger partial charge < -0.3 is 10.2 Å². The van der Waals surface area contributed by atoms with Crippen molar-refractivity contribution in [3.05, 3.63) is 60.0 Å². The molecule has 0 aliphatic carbocycles. The Kier molecular flexibility index (Phi) is 8.27. The van der Waals surface area contributed by atoms with Crippen molar-refractivity contribution < 1.29 is 26.0 Å². The normalized spacial score (nSPS) is 17.6. The summed E-state index contributed by atoms with van der Waals surface area (Å²) < 4.78 is 66.4. The highest BCUT2D eigenvalue weighted by Crippen LogP contribution is 2.35. The van der Waals surface area contributed by atoms with Crippen molar-refractivity contribution >= 4 is 31.5 Å². The van der Waals surface area contributed by atoms with Gasteiger partial charge in [0.05, 0.1) is 4.90 Å². The zero-order valence-electron chi connectivity index (χ0n) is 20.8. The van der Waals surface area contributed by atoms with Crippen molar-refractivity contribution in [2.45, 2.75) is 36.4 Å². The number of carbonyl (C=O) groups is 1. The monoisotopic (exact) mass is 537 g/mol. The summed E-state index contributed by atoms with van der Waals surface area (Å²) in [5.74, 6) is -0.884. The Hall–Kier alpha value is -2.76. The number of sulfone groups is 1. The number of benzene rings is 2. The van der Waals surface area contributed by atoms with E-state index in [4.69, 9.17) is 0 Å². The summed E-state index contributed by atoms with van der Waals surface area (Å²) in [6.45, 7) is 1.21. The number of nitrogens with one attached hydrogen (secondary N) is 1. The second-order valence-corrected chi connectivity index (χ2v) is 13.1. The van der Waals surface area contributed by atoms with Gasteiger partial charge in [0.2, 0.25) is 10.0 Å². The second kappa shape index (κ2) is 10.7. The molecule has 11 heteroatoms. The van der Waals surface area contributed by atoms with Gasteiger partial charge in [-0.2, -0.15) is 4.31 Å². The predicted molar refractivity (Wildman–Crippen MR) is 140 cm³/mol. The molecule has 0 bridgehead atoms. The van der Waals surface area contributed by atoms with Crippen molar-refractivity contribution in [3.8, 4) is 11.1 Å². The second-order valence-electron chi connectivity index (χ2n) is 9.23. The first-order valence-corrected chi connectivity index (χ1v) is 14.9. The van der Waals surface area contributed by atoms with E-state index in [1.165, 1.54) is 17.3 Å². The Morgan fingerprint density at radius 3 is 2.25 bits per heavy atom. The van der Waals surface area contributed by atoms with Gasteiger partial charge in [0, 0.05) is 69.0 Å². The van der Waals surface area contributed by atoms with Crippen molar-refractivity contribution in [3.63, 3.8) is 0 Å². The van der Waals surface area contributed by atoms with Crippen LogP contribution in [-0.2, 0) is 24.7 Å². The zero-order chi connectivity index (χ0) is 26.7. The maximum absolute atomic E-state index is 15.5. The Morgan fingerprint density at radius 2 is 1.69 bits per heavy atom. The third-order valence-electron chi connectivity index (χ3n) is 6.08. The van der Waals surface area contributed by atoms with Gasteiger partial charge in [0.15, 0.2) is 15.5 Å². The van der Waals surface area contributed by atoms with E-state index in [2.05, 4.69) is 5.32 Å². The van der Waals surface area contributed by atoms with E-state index >= 15 is 4.39 Å². The third-order valence-corrected chi connectivity index (χ3v) is 8.69. The molecule has 196 valence electrons. The van der Waals surface area contributed by atoms with Crippen LogP contribution in [-0.4, -0.2) is 72.2 Å². The molecule has 8 nitrogen and oxygen atoms in total. The number of halogens is 1. The van der Waals surface area contributed by atoms with E-state index in [9.17, 15) is 21.6 Å². The average molecular weight is 538 g/mol. The van der Waals surface area contributed by atoms with Crippen LogP contribution in [0.3, 0.4) is 0 Å². The molecule has 0 saturated carbocycles. The standard InChI is InChI=1S/C25H32FN3O5S2/c1-19(12-17-35(4,31)32)27-24(30)25(26)13-15-29(16-14-25)36(33,34)23-11-10-21(28(2)3)18-22(23)20-8-6-5-7-9-20/h5-12,17-19H,13-16H2,1-4H3,(H,27,30)/b17-12-/t19-/m0/s1. The van der Waals surface area contributed by atoms with E-state index in [1.54, 1.807) is 12.1 Å². The van der Waals surface area contributed by atoms with Gasteiger partial charge in [-0.1, -0.05) is 36.4 Å². The molecule has 1 atom stereocenters. The summed E-state index contributed by atoms with van der Waals surface area (Å²) >= 11 is 0. The molecule has 2 aromatic carbocycles. The minimum Gasteiger partial charge on any atom is -0.378 e. The first kappa shape index (κ1) is 27.8. The van der Waals surface area contributed by atoms with Crippen LogP contribution in [0.25, 0.3) is 11.1 Å². The van der Waals surface area contributed by atoms with Gasteiger partial charge in [-0.25, -0.2) is 21.2 Å². The van der Waals surface area contributed by atoms with Crippen molar-refractivity contribution in [1.82, 2.24) is 9.62 Å². The largest absolute Gasteiger partial charge is 0.378 e. The van der Waals surface area contributed by atoms with Gasteiger partial charge in [0.25, 0.3) is 5.91 Å². The minimum absolute atomic E-state index is 0.120. The Balaban J connectivity index is 1.80. The van der Waals surface area contributed by atoms with Crippen LogP contribution in [0.15, 0.2) is 64.9 Å². The van der Waals surface area contributed by atoms with Crippen LogP contribution in [0.2, 0.25) is 0 Å². The molecule has 3 rings (SSSR count). The lowest BCUT2D eigenvalue weighted by molar-refractivity contribution is -0.135. The molecule has 0 aromatic heterocycles. The number of hydrogen-bond donors (Lipinski definition) is 1. The van der Waals surface area contributed by atoms with Gasteiger partial charge in [-0.05, 0) is 30.7 Å². The molecule has 1 aliphatic heterocycles. The Morgan fingerprint density at radius 1 is 1.08 bits per heavy atom. The predicted octanol–water partition coefficient (Wildman–Crippen LogP) is 2.98. The fourth-order valence-corrected chi connectivity index (χ4v) is 6.11. The van der Waals surface area contributed by atoms with E-state index in [-0.39, 0.29) is 30.8 Å². The lowest BCUT2D eigenvalue weighted by Gasteiger charge is -2.35. The van der Waals surface area contributed by atoms with Crippen LogP contribution in [0.4, 0.5) is 10.1 Å². The quantitative estimate of drug-likeness (QED) is 0.555. The molecule has 1 fully saturated rings. The fourth-order valence-electron chi connectivity index (χ4n) is 3.96. The van der Waals surface area contributed by atoms with Gasteiger partial charge in [-0.15, -0.1) is 0 Å². The highest BCUT2D eigenvalue weighted by Gasteiger charge is 2.44. The fraction of sp³-hybridized carbons (Fsp3) is 0.400. The molecular formula is C25H32FN3O5S2. The number of alkyl halides is 1. The SMILES string of the molecule is C[C@@H](/C=C\S(C)(=O)=O)NC(=O)C1(F)CCN(S(=O)(=O)c2ccc(N(C)C)cc2-c2ccccc2)CC1. The van der Waals surface area contributed by atoms with Crippen LogP contribution < -0.4 is 10.2 Å². The molecule has 0 spiro atoms. The summed E-state index contributed by atoms with van der Waals surface area (Å²) in [5, 5.41) is 3.41. The molecule has 1 amide bonds. The van der Waals surface area contributed by atoms with Gasteiger partial charge in [-0.3, -0.25) is 4.79 Å². The topological polar surface area (TPSA) is 104 Å². The van der Waals surface area contributed by atoms with Crippen molar-refractivity contribution in [1.29, 1.82) is 0 Å². The molecule has 36 heavy (non-hydrogen) atoms. The summed E-state index contributed by atoms with van der Waals surface area (Å²) in [5.41, 5.74) is -0.129. The lowest BCUT2D eigenvalue weighted by Crippen LogP contribution is -2.53. The molecule has 1 N–H and O–H groups in total. The number of amides is 1. The number of carbonyl (C=O) groups excluding carboxylic acids is 1. The van der Waals surface area contributed by atoms with Crippen LogP contribution in [0, 0.1) is 0 Å². The highest BCUT2D eigenvalue weighted by molar-refractivity contribution is 7.93. The number of sulfonamides is 1. The first-order chi connectivity index (χ1) is 16.7.